The molecule has 2 N–H and O–H groups in total. The summed E-state index contributed by atoms with van der Waals surface area (Å²) in [6.45, 7) is 3.17. The zero-order valence-electron chi connectivity index (χ0n) is 15.8. The Morgan fingerprint density at radius 3 is 2.59 bits per heavy atom. The van der Waals surface area contributed by atoms with Gasteiger partial charge in [0.1, 0.15) is 0 Å². The molecule has 3 amide bonds. The maximum Gasteiger partial charge on any atom is 0.322 e. The van der Waals surface area contributed by atoms with Gasteiger partial charge >= 0.3 is 6.03 Å². The molecule has 1 aliphatic rings. The van der Waals surface area contributed by atoms with Crippen molar-refractivity contribution in [1.82, 2.24) is 10.6 Å². The van der Waals surface area contributed by atoms with Gasteiger partial charge < -0.3 is 10.6 Å². The Kier molecular flexibility index (Phi) is 5.56. The SMILES string of the molecule is Cc1cc(C(=O)NC(c2ccc(Cl)cc2)c2ccsc2)ccc1N1CCNC1=O. The van der Waals surface area contributed by atoms with Gasteiger partial charge in [0.25, 0.3) is 5.91 Å². The van der Waals surface area contributed by atoms with Crippen molar-refractivity contribution in [2.45, 2.75) is 13.0 Å². The molecule has 2 aromatic carbocycles. The molecule has 1 aliphatic heterocycles. The predicted octanol–water partition coefficient (Wildman–Crippen LogP) is 4.76. The molecule has 1 saturated heterocycles. The molecule has 1 aromatic heterocycles. The smallest absolute Gasteiger partial charge is 0.322 e. The molecule has 29 heavy (non-hydrogen) atoms. The molecule has 7 heteroatoms. The molecule has 0 radical (unpaired) electrons. The highest BCUT2D eigenvalue weighted by molar-refractivity contribution is 7.08. The van der Waals surface area contributed by atoms with Crippen molar-refractivity contribution in [3.63, 3.8) is 0 Å². The molecule has 2 heterocycles. The zero-order chi connectivity index (χ0) is 20.4. The molecule has 4 rings (SSSR count). The summed E-state index contributed by atoms with van der Waals surface area (Å²) < 4.78 is 0. The minimum absolute atomic E-state index is 0.106. The number of nitrogens with zero attached hydrogens (tertiary/aromatic N) is 1. The van der Waals surface area contributed by atoms with E-state index in [0.29, 0.717) is 23.7 Å². The van der Waals surface area contributed by atoms with Crippen LogP contribution in [0, 0.1) is 6.92 Å². The van der Waals surface area contributed by atoms with Gasteiger partial charge in [0.15, 0.2) is 0 Å². The number of carbonyl (C=O) groups is 2. The lowest BCUT2D eigenvalue weighted by molar-refractivity contribution is 0.0943. The number of urea groups is 1. The molecule has 5 nitrogen and oxygen atoms in total. The summed E-state index contributed by atoms with van der Waals surface area (Å²) in [5.74, 6) is -0.170. The van der Waals surface area contributed by atoms with Gasteiger partial charge in [-0.05, 0) is 70.8 Å². The summed E-state index contributed by atoms with van der Waals surface area (Å²) in [6, 6.07) is 14.5. The summed E-state index contributed by atoms with van der Waals surface area (Å²) in [7, 11) is 0. The highest BCUT2D eigenvalue weighted by Gasteiger charge is 2.24. The number of carbonyl (C=O) groups excluding carboxylic acids is 2. The topological polar surface area (TPSA) is 61.4 Å². The monoisotopic (exact) mass is 425 g/mol. The number of hydrogen-bond donors (Lipinski definition) is 2. The van der Waals surface area contributed by atoms with Gasteiger partial charge in [-0.3, -0.25) is 9.69 Å². The molecule has 1 unspecified atom stereocenters. The molecule has 3 aromatic rings. The third-order valence-electron chi connectivity index (χ3n) is 4.96. The van der Waals surface area contributed by atoms with Crippen molar-refractivity contribution >= 4 is 40.6 Å². The molecule has 0 spiro atoms. The van der Waals surface area contributed by atoms with Crippen LogP contribution in [-0.2, 0) is 0 Å². The Hall–Kier alpha value is -2.83. The highest BCUT2D eigenvalue weighted by atomic mass is 35.5. The second-order valence-electron chi connectivity index (χ2n) is 6.90. The van der Waals surface area contributed by atoms with Crippen LogP contribution in [0.2, 0.25) is 5.02 Å². The average molecular weight is 426 g/mol. The second kappa shape index (κ2) is 8.27. The van der Waals surface area contributed by atoms with Crippen molar-refractivity contribution < 1.29 is 9.59 Å². The first-order valence-corrected chi connectivity index (χ1v) is 10.6. The molecule has 1 fully saturated rings. The average Bonchev–Trinajstić information content (AvgIpc) is 3.39. The molecular weight excluding hydrogens is 406 g/mol. The molecule has 0 aliphatic carbocycles. The number of thiophene rings is 1. The maximum absolute atomic E-state index is 13.0. The Balaban J connectivity index is 1.58. The Bertz CT molecular complexity index is 1030. The number of rotatable bonds is 5. The van der Waals surface area contributed by atoms with Crippen LogP contribution < -0.4 is 15.5 Å². The highest BCUT2D eigenvalue weighted by Crippen LogP contribution is 2.27. The standard InChI is InChI=1S/C22H20ClN3O2S/c1-14-12-16(4-7-19(14)26-10-9-24-22(26)28)21(27)25-20(17-8-11-29-13-17)15-2-5-18(23)6-3-15/h2-8,11-13,20H,9-10H2,1H3,(H,24,28)(H,25,27). The maximum atomic E-state index is 13.0. The first-order chi connectivity index (χ1) is 14.0. The lowest BCUT2D eigenvalue weighted by Crippen LogP contribution is -2.30. The Morgan fingerprint density at radius 1 is 1.17 bits per heavy atom. The van der Waals surface area contributed by atoms with Crippen LogP contribution in [0.4, 0.5) is 10.5 Å². The Morgan fingerprint density at radius 2 is 1.97 bits per heavy atom. The van der Waals surface area contributed by atoms with Crippen LogP contribution in [0.25, 0.3) is 0 Å². The Labute approximate surface area is 178 Å². The largest absolute Gasteiger partial charge is 0.341 e. The number of aryl methyl sites for hydroxylation is 1. The van der Waals surface area contributed by atoms with Gasteiger partial charge in [-0.1, -0.05) is 23.7 Å². The van der Waals surface area contributed by atoms with E-state index in [4.69, 9.17) is 11.6 Å². The summed E-state index contributed by atoms with van der Waals surface area (Å²) in [4.78, 5) is 26.6. The van der Waals surface area contributed by atoms with E-state index < -0.39 is 0 Å². The third-order valence-corrected chi connectivity index (χ3v) is 5.92. The molecule has 0 saturated carbocycles. The van der Waals surface area contributed by atoms with Crippen LogP contribution in [0.3, 0.4) is 0 Å². The van der Waals surface area contributed by atoms with Crippen LogP contribution in [0.1, 0.15) is 33.1 Å². The lowest BCUT2D eigenvalue weighted by Gasteiger charge is -2.20. The fourth-order valence-corrected chi connectivity index (χ4v) is 4.28. The summed E-state index contributed by atoms with van der Waals surface area (Å²) in [5.41, 5.74) is 4.24. The van der Waals surface area contributed by atoms with Crippen molar-refractivity contribution in [3.05, 3.63) is 86.6 Å². The van der Waals surface area contributed by atoms with Gasteiger partial charge in [-0.25, -0.2) is 4.79 Å². The van der Waals surface area contributed by atoms with Gasteiger partial charge in [0.05, 0.1) is 6.04 Å². The minimum atomic E-state index is -0.268. The second-order valence-corrected chi connectivity index (χ2v) is 8.12. The number of benzene rings is 2. The van der Waals surface area contributed by atoms with E-state index in [2.05, 4.69) is 10.6 Å². The van der Waals surface area contributed by atoms with E-state index in [0.717, 1.165) is 22.4 Å². The predicted molar refractivity (Wildman–Crippen MR) is 117 cm³/mol. The van der Waals surface area contributed by atoms with E-state index in [-0.39, 0.29) is 18.0 Å². The number of anilines is 1. The van der Waals surface area contributed by atoms with E-state index >= 15 is 0 Å². The molecular formula is C22H20ClN3O2S. The van der Waals surface area contributed by atoms with Crippen molar-refractivity contribution in [3.8, 4) is 0 Å². The summed E-state index contributed by atoms with van der Waals surface area (Å²) in [5, 5.41) is 10.6. The van der Waals surface area contributed by atoms with Gasteiger partial charge in [0, 0.05) is 29.4 Å². The minimum Gasteiger partial charge on any atom is -0.341 e. The third kappa shape index (κ3) is 4.13. The zero-order valence-corrected chi connectivity index (χ0v) is 17.4. The number of halogens is 1. The van der Waals surface area contributed by atoms with Crippen molar-refractivity contribution in [2.75, 3.05) is 18.0 Å². The van der Waals surface area contributed by atoms with Crippen molar-refractivity contribution in [2.24, 2.45) is 0 Å². The van der Waals surface area contributed by atoms with E-state index in [1.165, 1.54) is 0 Å². The van der Waals surface area contributed by atoms with Gasteiger partial charge in [-0.15, -0.1) is 0 Å². The summed E-state index contributed by atoms with van der Waals surface area (Å²) in [6.07, 6.45) is 0. The quantitative estimate of drug-likeness (QED) is 0.619. The van der Waals surface area contributed by atoms with Crippen LogP contribution >= 0.6 is 22.9 Å². The van der Waals surface area contributed by atoms with Crippen LogP contribution in [-0.4, -0.2) is 25.0 Å². The molecule has 148 valence electrons. The van der Waals surface area contributed by atoms with E-state index in [1.807, 2.05) is 60.1 Å². The van der Waals surface area contributed by atoms with Gasteiger partial charge in [-0.2, -0.15) is 11.3 Å². The number of amides is 3. The summed E-state index contributed by atoms with van der Waals surface area (Å²) >= 11 is 7.61. The van der Waals surface area contributed by atoms with Crippen molar-refractivity contribution in [1.29, 1.82) is 0 Å². The van der Waals surface area contributed by atoms with Crippen LogP contribution in [0.5, 0.6) is 0 Å². The number of hydrogen-bond acceptors (Lipinski definition) is 3. The van der Waals surface area contributed by atoms with Gasteiger partial charge in [0.2, 0.25) is 0 Å². The first kappa shape index (κ1) is 19.5. The fourth-order valence-electron chi connectivity index (χ4n) is 3.47. The number of nitrogens with one attached hydrogen (secondary N) is 2. The molecule has 1 atom stereocenters. The normalized spacial score (nSPS) is 14.6. The first-order valence-electron chi connectivity index (χ1n) is 9.27. The van der Waals surface area contributed by atoms with Crippen LogP contribution in [0.15, 0.2) is 59.3 Å². The molecule has 0 bridgehead atoms. The van der Waals surface area contributed by atoms with E-state index in [9.17, 15) is 9.59 Å². The van der Waals surface area contributed by atoms with E-state index in [1.54, 1.807) is 22.3 Å². The lowest BCUT2D eigenvalue weighted by atomic mass is 10.0. The fraction of sp³-hybridized carbons (Fsp3) is 0.182.